The second kappa shape index (κ2) is 16.4. The van der Waals surface area contributed by atoms with E-state index < -0.39 is 24.0 Å². The molecule has 312 valence electrons. The van der Waals surface area contributed by atoms with Gasteiger partial charge in [-0.2, -0.15) is 0 Å². The van der Waals surface area contributed by atoms with Crippen molar-refractivity contribution >= 4 is 39.8 Å². The molecule has 6 aromatic carbocycles. The van der Waals surface area contributed by atoms with Crippen molar-refractivity contribution in [3.63, 3.8) is 0 Å². The predicted octanol–water partition coefficient (Wildman–Crippen LogP) is 12.9. The lowest BCUT2D eigenvalue weighted by molar-refractivity contribution is -0.102. The number of imidazole rings is 1. The maximum atomic E-state index is 12.2. The van der Waals surface area contributed by atoms with E-state index >= 15 is 0 Å². The van der Waals surface area contributed by atoms with Crippen LogP contribution in [0.4, 0.5) is 34.1 Å². The largest absolute Gasteiger partial charge is 0.392 e. The molecule has 7 nitrogen and oxygen atoms in total. The third kappa shape index (κ3) is 7.79. The highest BCUT2D eigenvalue weighted by molar-refractivity contribution is 6.05. The summed E-state index contributed by atoms with van der Waals surface area (Å²) in [7, 11) is 0. The van der Waals surface area contributed by atoms with Crippen molar-refractivity contribution in [3.05, 3.63) is 198 Å². The third-order valence-electron chi connectivity index (χ3n) is 12.2. The van der Waals surface area contributed by atoms with Crippen molar-refractivity contribution < 1.29 is 10.2 Å². The Labute approximate surface area is 365 Å². The fourth-order valence-corrected chi connectivity index (χ4v) is 9.17. The number of aliphatic imine (C=N–C) groups is 1. The summed E-state index contributed by atoms with van der Waals surface area (Å²) in [4.78, 5) is 18.5. The summed E-state index contributed by atoms with van der Waals surface area (Å²) >= 11 is 0. The summed E-state index contributed by atoms with van der Waals surface area (Å²) in [5.41, 5.74) is 12.2. The van der Waals surface area contributed by atoms with Gasteiger partial charge in [0.05, 0.1) is 29.5 Å². The maximum Gasteiger partial charge on any atom is 0.137 e. The zero-order chi connectivity index (χ0) is 43.2. The summed E-state index contributed by atoms with van der Waals surface area (Å²) < 4.78 is 0. The van der Waals surface area contributed by atoms with Crippen molar-refractivity contribution in [1.82, 2.24) is 9.97 Å². The van der Waals surface area contributed by atoms with Crippen LogP contribution in [-0.2, 0) is 5.41 Å². The van der Waals surface area contributed by atoms with Crippen molar-refractivity contribution in [2.24, 2.45) is 16.3 Å². The predicted molar refractivity (Wildman–Crippen MR) is 254 cm³/mol. The smallest absolute Gasteiger partial charge is 0.137 e. The first kappa shape index (κ1) is 40.8. The molecule has 0 saturated heterocycles. The van der Waals surface area contributed by atoms with E-state index in [2.05, 4.69) is 202 Å². The monoisotopic (exact) mass is 817 g/mol. The van der Waals surface area contributed by atoms with Gasteiger partial charge in [0.2, 0.25) is 0 Å². The maximum absolute atomic E-state index is 12.2. The lowest BCUT2D eigenvalue weighted by atomic mass is 9.61. The SMILES string of the molecule is CC(C)(C)C1=C(C2C(O)C(c3[nH]c(-c4ccc(N(c5ccccc5)c5ccccc5)cc4)nc3C(C)(C)C)C2O)CC(c2ccc(N(c3ccccc3)c3ccccc3)cc2)=N1. The number of aliphatic hydroxyl groups is 2. The number of H-pyrrole nitrogens is 1. The molecule has 1 aliphatic heterocycles. The lowest BCUT2D eigenvalue weighted by Gasteiger charge is -2.48. The molecule has 9 rings (SSSR count). The fraction of sp³-hybridized carbons (Fsp3) is 0.236. The van der Waals surface area contributed by atoms with E-state index in [4.69, 9.17) is 9.98 Å². The molecular weight excluding hydrogens is 763 g/mol. The number of nitrogens with zero attached hydrogens (tertiary/aromatic N) is 4. The van der Waals surface area contributed by atoms with Crippen LogP contribution in [0.3, 0.4) is 0 Å². The van der Waals surface area contributed by atoms with E-state index in [1.807, 2.05) is 24.3 Å². The van der Waals surface area contributed by atoms with E-state index in [1.54, 1.807) is 0 Å². The normalized spacial score (nSPS) is 18.9. The molecule has 0 radical (unpaired) electrons. The molecule has 2 aliphatic rings. The first-order chi connectivity index (χ1) is 29.9. The number of nitrogens with one attached hydrogen (secondary N) is 1. The highest BCUT2D eigenvalue weighted by Gasteiger charge is 2.55. The number of benzene rings is 6. The Kier molecular flexibility index (Phi) is 10.8. The van der Waals surface area contributed by atoms with E-state index in [9.17, 15) is 10.2 Å². The van der Waals surface area contributed by atoms with Gasteiger partial charge in [0, 0.05) is 74.2 Å². The van der Waals surface area contributed by atoms with Crippen LogP contribution in [0.2, 0.25) is 0 Å². The number of para-hydroxylation sites is 4. The van der Waals surface area contributed by atoms with Gasteiger partial charge >= 0.3 is 0 Å². The fourth-order valence-electron chi connectivity index (χ4n) is 9.17. The number of aliphatic hydroxyl groups excluding tert-OH is 2. The van der Waals surface area contributed by atoms with Crippen LogP contribution in [0.1, 0.15) is 70.8 Å². The number of allylic oxidation sites excluding steroid dienone is 1. The van der Waals surface area contributed by atoms with Gasteiger partial charge in [-0.1, -0.05) is 126 Å². The quantitative estimate of drug-likeness (QED) is 0.128. The second-order valence-electron chi connectivity index (χ2n) is 18.6. The number of hydrogen-bond donors (Lipinski definition) is 3. The van der Waals surface area contributed by atoms with Crippen LogP contribution in [0.15, 0.2) is 186 Å². The molecule has 2 heterocycles. The minimum absolute atomic E-state index is 0.292. The lowest BCUT2D eigenvalue weighted by Crippen LogP contribution is -2.55. The number of aromatic amines is 1. The van der Waals surface area contributed by atoms with Gasteiger partial charge in [-0.05, 0) is 96.1 Å². The molecule has 1 aromatic heterocycles. The molecule has 2 unspecified atom stereocenters. The first-order valence-electron chi connectivity index (χ1n) is 21.7. The van der Waals surface area contributed by atoms with Crippen LogP contribution >= 0.6 is 0 Å². The Balaban J connectivity index is 0.977. The highest BCUT2D eigenvalue weighted by Crippen LogP contribution is 2.53. The Morgan fingerprint density at radius 2 is 0.871 bits per heavy atom. The summed E-state index contributed by atoms with van der Waals surface area (Å²) in [6.07, 6.45) is -1.07. The van der Waals surface area contributed by atoms with Crippen LogP contribution in [0.5, 0.6) is 0 Å². The second-order valence-corrected chi connectivity index (χ2v) is 18.6. The van der Waals surface area contributed by atoms with Crippen molar-refractivity contribution in [2.45, 2.75) is 71.5 Å². The minimum atomic E-state index is -0.818. The molecule has 1 fully saturated rings. The van der Waals surface area contributed by atoms with Crippen LogP contribution in [-0.4, -0.2) is 38.1 Å². The standard InChI is InChI=1S/C55H55N5O2/c1-54(2,3)51-44(35-45(56-51)36-27-31-42(32-28-36)59(38-19-11-7-12-20-38)39-21-13-8-14-22-39)46-49(61)47(50(46)62)48-52(55(4,5)6)58-53(57-48)37-29-33-43(34-30-37)60(40-23-15-9-16-24-40)41-25-17-10-18-26-41/h7-34,46-47,49-50,61-62H,35H2,1-6H3,(H,57,58). The van der Waals surface area contributed by atoms with Gasteiger partial charge in [-0.3, -0.25) is 4.99 Å². The Morgan fingerprint density at radius 3 is 1.26 bits per heavy atom. The zero-order valence-corrected chi connectivity index (χ0v) is 36.4. The Hall–Kier alpha value is -6.54. The average molecular weight is 818 g/mol. The Morgan fingerprint density at radius 1 is 0.484 bits per heavy atom. The van der Waals surface area contributed by atoms with E-state index in [-0.39, 0.29) is 10.8 Å². The van der Waals surface area contributed by atoms with E-state index in [0.29, 0.717) is 12.2 Å². The third-order valence-corrected chi connectivity index (χ3v) is 12.2. The number of anilines is 6. The highest BCUT2D eigenvalue weighted by atomic mass is 16.3. The molecule has 1 saturated carbocycles. The van der Waals surface area contributed by atoms with Crippen molar-refractivity contribution in [1.29, 1.82) is 0 Å². The molecule has 7 aromatic rings. The molecule has 1 aliphatic carbocycles. The molecule has 0 spiro atoms. The summed E-state index contributed by atoms with van der Waals surface area (Å²) in [5, 5.41) is 24.4. The molecule has 0 amide bonds. The van der Waals surface area contributed by atoms with Gasteiger partial charge in [0.15, 0.2) is 0 Å². The zero-order valence-electron chi connectivity index (χ0n) is 36.4. The van der Waals surface area contributed by atoms with E-state index in [1.165, 1.54) is 0 Å². The van der Waals surface area contributed by atoms with Gasteiger partial charge in [0.25, 0.3) is 0 Å². The minimum Gasteiger partial charge on any atom is -0.392 e. The molecule has 3 N–H and O–H groups in total. The number of hydrogen-bond acceptors (Lipinski definition) is 6. The molecule has 2 atom stereocenters. The summed E-state index contributed by atoms with van der Waals surface area (Å²) in [6, 6.07) is 58.5. The topological polar surface area (TPSA) is 88.0 Å². The average Bonchev–Trinajstić information content (AvgIpc) is 3.92. The van der Waals surface area contributed by atoms with Crippen LogP contribution < -0.4 is 9.80 Å². The van der Waals surface area contributed by atoms with Gasteiger partial charge < -0.3 is 25.0 Å². The molecular formula is C55H55N5O2. The number of aromatic nitrogens is 2. The van der Waals surface area contributed by atoms with Crippen molar-refractivity contribution in [3.8, 4) is 11.4 Å². The summed E-state index contributed by atoms with van der Waals surface area (Å²) in [6.45, 7) is 12.9. The number of rotatable bonds is 10. The Bertz CT molecular complexity index is 2610. The van der Waals surface area contributed by atoms with Crippen LogP contribution in [0, 0.1) is 11.3 Å². The molecule has 0 bridgehead atoms. The van der Waals surface area contributed by atoms with Gasteiger partial charge in [-0.25, -0.2) is 4.98 Å². The van der Waals surface area contributed by atoms with E-state index in [0.717, 1.165) is 73.6 Å². The van der Waals surface area contributed by atoms with Crippen LogP contribution in [0.25, 0.3) is 11.4 Å². The van der Waals surface area contributed by atoms with Gasteiger partial charge in [0.1, 0.15) is 5.82 Å². The van der Waals surface area contributed by atoms with Gasteiger partial charge in [-0.15, -0.1) is 0 Å². The first-order valence-corrected chi connectivity index (χ1v) is 21.7. The molecule has 7 heteroatoms. The molecule has 62 heavy (non-hydrogen) atoms. The summed E-state index contributed by atoms with van der Waals surface area (Å²) in [5.74, 6) is -0.268. The van der Waals surface area contributed by atoms with Crippen molar-refractivity contribution in [2.75, 3.05) is 9.80 Å².